The van der Waals surface area contributed by atoms with Crippen molar-refractivity contribution in [2.24, 2.45) is 5.92 Å². The summed E-state index contributed by atoms with van der Waals surface area (Å²) >= 11 is 2.21. The molecule has 1 saturated heterocycles. The standard InChI is InChI=1S/C13H23IN2O2/c1-16-8-6-10(7-9-16)13(17)18-12-4-2-11(15-14)3-5-12/h10-12,15H,2-9H2,1H3. The molecule has 1 N–H and O–H groups in total. The predicted molar refractivity (Wildman–Crippen MR) is 79.5 cm³/mol. The molecule has 2 fully saturated rings. The van der Waals surface area contributed by atoms with Crippen molar-refractivity contribution in [2.75, 3.05) is 20.1 Å². The van der Waals surface area contributed by atoms with Crippen LogP contribution in [0, 0.1) is 5.92 Å². The van der Waals surface area contributed by atoms with Gasteiger partial charge in [-0.1, -0.05) is 0 Å². The molecule has 18 heavy (non-hydrogen) atoms. The third kappa shape index (κ3) is 4.06. The highest BCUT2D eigenvalue weighted by Crippen LogP contribution is 2.25. The molecule has 0 amide bonds. The summed E-state index contributed by atoms with van der Waals surface area (Å²) < 4.78 is 8.94. The van der Waals surface area contributed by atoms with Gasteiger partial charge in [0.25, 0.3) is 0 Å². The second kappa shape index (κ2) is 7.05. The molecule has 0 radical (unpaired) electrons. The molecule has 2 rings (SSSR count). The summed E-state index contributed by atoms with van der Waals surface area (Å²) in [6, 6.07) is 0.601. The summed E-state index contributed by atoms with van der Waals surface area (Å²) in [4.78, 5) is 14.3. The van der Waals surface area contributed by atoms with Crippen molar-refractivity contribution in [3.05, 3.63) is 0 Å². The van der Waals surface area contributed by atoms with Crippen LogP contribution in [0.2, 0.25) is 0 Å². The Kier molecular flexibility index (Phi) is 5.69. The van der Waals surface area contributed by atoms with Gasteiger partial charge in [-0.05, 0) is 58.7 Å². The lowest BCUT2D eigenvalue weighted by atomic mass is 9.93. The van der Waals surface area contributed by atoms with Crippen molar-refractivity contribution in [1.82, 2.24) is 8.43 Å². The van der Waals surface area contributed by atoms with E-state index in [1.807, 2.05) is 0 Å². The number of hydrogen-bond acceptors (Lipinski definition) is 4. The minimum Gasteiger partial charge on any atom is -0.462 e. The van der Waals surface area contributed by atoms with E-state index in [4.69, 9.17) is 4.74 Å². The number of rotatable bonds is 3. The largest absolute Gasteiger partial charge is 0.462 e. The van der Waals surface area contributed by atoms with E-state index < -0.39 is 0 Å². The maximum Gasteiger partial charge on any atom is 0.309 e. The molecular weight excluding hydrogens is 343 g/mol. The average Bonchev–Trinajstić information content (AvgIpc) is 2.40. The van der Waals surface area contributed by atoms with Crippen LogP contribution in [0.4, 0.5) is 0 Å². The summed E-state index contributed by atoms with van der Waals surface area (Å²) in [6.45, 7) is 2.04. The average molecular weight is 366 g/mol. The summed E-state index contributed by atoms with van der Waals surface area (Å²) in [5, 5.41) is 0. The molecule has 0 aromatic heterocycles. The van der Waals surface area contributed by atoms with Crippen LogP contribution in [-0.2, 0) is 9.53 Å². The van der Waals surface area contributed by atoms with Crippen LogP contribution in [0.25, 0.3) is 0 Å². The van der Waals surface area contributed by atoms with Gasteiger partial charge < -0.3 is 9.64 Å². The Morgan fingerprint density at radius 3 is 2.33 bits per heavy atom. The van der Waals surface area contributed by atoms with Crippen LogP contribution in [0.3, 0.4) is 0 Å². The molecule has 0 bridgehead atoms. The quantitative estimate of drug-likeness (QED) is 0.472. The van der Waals surface area contributed by atoms with Gasteiger partial charge in [-0.15, -0.1) is 0 Å². The molecule has 0 spiro atoms. The number of nitrogens with zero attached hydrogens (tertiary/aromatic N) is 1. The molecule has 1 saturated carbocycles. The molecular formula is C13H23IN2O2. The topological polar surface area (TPSA) is 41.6 Å². The normalized spacial score (nSPS) is 31.2. The van der Waals surface area contributed by atoms with E-state index in [2.05, 4.69) is 38.3 Å². The minimum atomic E-state index is 0.0500. The van der Waals surface area contributed by atoms with Crippen LogP contribution in [0.1, 0.15) is 38.5 Å². The summed E-state index contributed by atoms with van der Waals surface area (Å²) in [5.74, 6) is 0.190. The SMILES string of the molecule is CN1CCC(C(=O)OC2CCC(NI)CC2)CC1. The molecule has 104 valence electrons. The van der Waals surface area contributed by atoms with Crippen LogP contribution in [0.15, 0.2) is 0 Å². The highest BCUT2D eigenvalue weighted by atomic mass is 127. The van der Waals surface area contributed by atoms with Gasteiger partial charge in [-0.25, -0.2) is 0 Å². The number of esters is 1. The second-order valence-electron chi connectivity index (χ2n) is 5.60. The first kappa shape index (κ1) is 14.5. The van der Waals surface area contributed by atoms with Gasteiger partial charge in [0, 0.05) is 28.9 Å². The molecule has 0 atom stereocenters. The first-order chi connectivity index (χ1) is 8.69. The molecule has 2 aliphatic rings. The smallest absolute Gasteiger partial charge is 0.309 e. The van der Waals surface area contributed by atoms with E-state index in [9.17, 15) is 4.79 Å². The van der Waals surface area contributed by atoms with E-state index in [1.165, 1.54) is 0 Å². The summed E-state index contributed by atoms with van der Waals surface area (Å²) in [5.41, 5.74) is 0. The number of likely N-dealkylation sites (tertiary alicyclic amines) is 1. The molecule has 0 unspecified atom stereocenters. The Morgan fingerprint density at radius 2 is 1.78 bits per heavy atom. The number of carbonyl (C=O) groups excluding carboxylic acids is 1. The van der Waals surface area contributed by atoms with Gasteiger partial charge >= 0.3 is 5.97 Å². The maximum absolute atomic E-state index is 12.1. The van der Waals surface area contributed by atoms with Crippen LogP contribution < -0.4 is 3.53 Å². The zero-order chi connectivity index (χ0) is 13.0. The van der Waals surface area contributed by atoms with Gasteiger partial charge in [0.05, 0.1) is 5.92 Å². The number of hydrogen-bond donors (Lipinski definition) is 1. The third-order valence-corrected chi connectivity index (χ3v) is 5.04. The highest BCUT2D eigenvalue weighted by molar-refractivity contribution is 14.1. The third-order valence-electron chi connectivity index (χ3n) is 4.16. The second-order valence-corrected chi connectivity index (χ2v) is 6.22. The molecule has 0 aromatic rings. The van der Waals surface area contributed by atoms with E-state index in [1.54, 1.807) is 0 Å². The molecule has 0 aromatic carbocycles. The fraction of sp³-hybridized carbons (Fsp3) is 0.923. The number of nitrogens with one attached hydrogen (secondary N) is 1. The van der Waals surface area contributed by atoms with Crippen molar-refractivity contribution in [3.8, 4) is 0 Å². The van der Waals surface area contributed by atoms with Crippen molar-refractivity contribution < 1.29 is 9.53 Å². The van der Waals surface area contributed by atoms with Gasteiger partial charge in [0.15, 0.2) is 0 Å². The molecule has 1 aliphatic carbocycles. The number of ether oxygens (including phenoxy) is 1. The number of carbonyl (C=O) groups is 1. The first-order valence-electron chi connectivity index (χ1n) is 6.94. The Labute approximate surface area is 123 Å². The lowest BCUT2D eigenvalue weighted by Crippen LogP contribution is -2.37. The Hall–Kier alpha value is 0.120. The Bertz CT molecular complexity index is 272. The molecule has 1 aliphatic heterocycles. The Morgan fingerprint density at radius 1 is 1.17 bits per heavy atom. The van der Waals surface area contributed by atoms with Crippen molar-refractivity contribution >= 4 is 28.8 Å². The van der Waals surface area contributed by atoms with Crippen LogP contribution >= 0.6 is 22.9 Å². The van der Waals surface area contributed by atoms with E-state index in [0.717, 1.165) is 51.6 Å². The summed E-state index contributed by atoms with van der Waals surface area (Å²) in [6.07, 6.45) is 6.35. The van der Waals surface area contributed by atoms with Gasteiger partial charge in [0.1, 0.15) is 6.10 Å². The first-order valence-corrected chi connectivity index (χ1v) is 8.02. The summed E-state index contributed by atoms with van der Waals surface area (Å²) in [7, 11) is 2.11. The lowest BCUT2D eigenvalue weighted by molar-refractivity contribution is -0.157. The predicted octanol–water partition coefficient (Wildman–Crippen LogP) is 2.12. The van der Waals surface area contributed by atoms with E-state index >= 15 is 0 Å². The van der Waals surface area contributed by atoms with E-state index in [-0.39, 0.29) is 18.0 Å². The van der Waals surface area contributed by atoms with Gasteiger partial charge in [-0.2, -0.15) is 0 Å². The van der Waals surface area contributed by atoms with Crippen LogP contribution in [0.5, 0.6) is 0 Å². The molecule has 1 heterocycles. The zero-order valence-corrected chi connectivity index (χ0v) is 13.2. The van der Waals surface area contributed by atoms with Crippen LogP contribution in [-0.4, -0.2) is 43.2 Å². The van der Waals surface area contributed by atoms with Crippen molar-refractivity contribution in [3.63, 3.8) is 0 Å². The van der Waals surface area contributed by atoms with Gasteiger partial charge in [0.2, 0.25) is 0 Å². The van der Waals surface area contributed by atoms with Crippen molar-refractivity contribution in [1.29, 1.82) is 0 Å². The van der Waals surface area contributed by atoms with Gasteiger partial charge in [-0.3, -0.25) is 8.32 Å². The Balaban J connectivity index is 1.71. The fourth-order valence-corrected chi connectivity index (χ4v) is 3.42. The lowest BCUT2D eigenvalue weighted by Gasteiger charge is -2.31. The number of halogens is 1. The molecule has 5 heteroatoms. The van der Waals surface area contributed by atoms with Crippen molar-refractivity contribution in [2.45, 2.75) is 50.7 Å². The van der Waals surface area contributed by atoms with E-state index in [0.29, 0.717) is 6.04 Å². The number of piperidine rings is 1. The zero-order valence-electron chi connectivity index (χ0n) is 11.0. The maximum atomic E-state index is 12.1. The minimum absolute atomic E-state index is 0.0500. The molecule has 4 nitrogen and oxygen atoms in total. The highest BCUT2D eigenvalue weighted by Gasteiger charge is 2.28. The monoisotopic (exact) mass is 366 g/mol. The fourth-order valence-electron chi connectivity index (χ4n) is 2.79.